The summed E-state index contributed by atoms with van der Waals surface area (Å²) in [4.78, 5) is 11.9. The molecule has 3 nitrogen and oxygen atoms in total. The minimum absolute atomic E-state index is 0.0477. The summed E-state index contributed by atoms with van der Waals surface area (Å²) in [5.41, 5.74) is 0.618. The summed E-state index contributed by atoms with van der Waals surface area (Å²) in [6.45, 7) is 6.13. The van der Waals surface area contributed by atoms with Crippen LogP contribution in [-0.2, 0) is 4.79 Å². The summed E-state index contributed by atoms with van der Waals surface area (Å²) in [6, 6.07) is 6.27. The van der Waals surface area contributed by atoms with E-state index in [1.807, 2.05) is 13.0 Å². The Morgan fingerprint density at radius 2 is 1.95 bits per heavy atom. The number of likely N-dealkylation sites (N-methyl/N-ethyl adjacent to an activating group) is 1. The average Bonchev–Trinajstić information content (AvgIpc) is 2.43. The van der Waals surface area contributed by atoms with Crippen LogP contribution < -0.4 is 10.6 Å². The highest BCUT2D eigenvalue weighted by molar-refractivity contribution is 5.81. The van der Waals surface area contributed by atoms with Gasteiger partial charge in [-0.25, -0.2) is 4.39 Å². The number of hydrogen-bond acceptors (Lipinski definition) is 2. The second-order valence-electron chi connectivity index (χ2n) is 5.45. The Morgan fingerprint density at radius 1 is 1.30 bits per heavy atom. The van der Waals surface area contributed by atoms with Gasteiger partial charge >= 0.3 is 0 Å². The number of nitrogens with one attached hydrogen (secondary N) is 2. The number of amides is 1. The molecule has 0 aliphatic heterocycles. The van der Waals surface area contributed by atoms with E-state index in [9.17, 15) is 9.18 Å². The first-order valence-electron chi connectivity index (χ1n) is 7.21. The lowest BCUT2D eigenvalue weighted by Crippen LogP contribution is -2.45. The number of carbonyl (C=O) groups excluding carboxylic acids is 1. The van der Waals surface area contributed by atoms with Crippen molar-refractivity contribution in [2.75, 3.05) is 7.05 Å². The van der Waals surface area contributed by atoms with Crippen molar-refractivity contribution in [3.63, 3.8) is 0 Å². The van der Waals surface area contributed by atoms with E-state index in [1.165, 1.54) is 6.07 Å². The molecule has 0 saturated carbocycles. The number of carbonyl (C=O) groups is 1. The molecule has 0 aliphatic rings. The van der Waals surface area contributed by atoms with E-state index >= 15 is 0 Å². The van der Waals surface area contributed by atoms with Gasteiger partial charge in [-0.2, -0.15) is 0 Å². The molecule has 1 rings (SSSR count). The maximum atomic E-state index is 13.9. The molecule has 0 fully saturated rings. The molecule has 1 amide bonds. The van der Waals surface area contributed by atoms with E-state index in [1.54, 1.807) is 19.2 Å². The summed E-state index contributed by atoms with van der Waals surface area (Å²) >= 11 is 0. The molecule has 0 saturated heterocycles. The zero-order valence-electron chi connectivity index (χ0n) is 12.7. The SMILES string of the molecule is CCC(NC(CC(C)C)C(=O)NC)c1ccccc1F. The topological polar surface area (TPSA) is 41.1 Å². The smallest absolute Gasteiger partial charge is 0.236 e. The molecule has 2 N–H and O–H groups in total. The standard InChI is InChI=1S/C16H25FN2O/c1-5-14(12-8-6-7-9-13(12)17)19-15(10-11(2)3)16(20)18-4/h6-9,11,14-15,19H,5,10H2,1-4H3,(H,18,20). The molecular weight excluding hydrogens is 255 g/mol. The van der Waals surface area contributed by atoms with Crippen LogP contribution in [-0.4, -0.2) is 19.0 Å². The molecule has 0 bridgehead atoms. The van der Waals surface area contributed by atoms with Crippen molar-refractivity contribution in [3.05, 3.63) is 35.6 Å². The number of benzene rings is 1. The molecular formula is C16H25FN2O. The third-order valence-corrected chi connectivity index (χ3v) is 3.36. The van der Waals surface area contributed by atoms with E-state index in [2.05, 4.69) is 24.5 Å². The van der Waals surface area contributed by atoms with Crippen LogP contribution in [0, 0.1) is 11.7 Å². The molecule has 2 unspecified atom stereocenters. The number of hydrogen-bond donors (Lipinski definition) is 2. The van der Waals surface area contributed by atoms with Gasteiger partial charge in [-0.15, -0.1) is 0 Å². The lowest BCUT2D eigenvalue weighted by Gasteiger charge is -2.25. The van der Waals surface area contributed by atoms with Crippen LogP contribution in [0.1, 0.15) is 45.2 Å². The average molecular weight is 280 g/mol. The zero-order chi connectivity index (χ0) is 15.1. The van der Waals surface area contributed by atoms with Crippen molar-refractivity contribution in [2.24, 2.45) is 5.92 Å². The maximum absolute atomic E-state index is 13.9. The van der Waals surface area contributed by atoms with Crippen molar-refractivity contribution in [2.45, 2.75) is 45.7 Å². The van der Waals surface area contributed by atoms with E-state index in [0.29, 0.717) is 11.5 Å². The van der Waals surface area contributed by atoms with Crippen molar-refractivity contribution in [1.82, 2.24) is 10.6 Å². The van der Waals surface area contributed by atoms with E-state index in [-0.39, 0.29) is 23.8 Å². The largest absolute Gasteiger partial charge is 0.358 e. The lowest BCUT2D eigenvalue weighted by molar-refractivity contribution is -0.123. The highest BCUT2D eigenvalue weighted by Gasteiger charge is 2.23. The molecule has 4 heteroatoms. The molecule has 0 heterocycles. The first-order valence-corrected chi connectivity index (χ1v) is 7.21. The fourth-order valence-corrected chi connectivity index (χ4v) is 2.32. The minimum atomic E-state index is -0.301. The van der Waals surface area contributed by atoms with E-state index in [0.717, 1.165) is 12.8 Å². The molecule has 2 atom stereocenters. The Bertz CT molecular complexity index is 434. The Balaban J connectivity index is 2.88. The third-order valence-electron chi connectivity index (χ3n) is 3.36. The third kappa shape index (κ3) is 4.60. The van der Waals surface area contributed by atoms with Crippen molar-refractivity contribution >= 4 is 5.91 Å². The Kier molecular flexibility index (Phi) is 6.65. The number of rotatable bonds is 7. The van der Waals surface area contributed by atoms with Gasteiger partial charge in [-0.05, 0) is 24.8 Å². The predicted molar refractivity (Wildman–Crippen MR) is 79.9 cm³/mol. The van der Waals surface area contributed by atoms with Gasteiger partial charge in [0, 0.05) is 18.7 Å². The second-order valence-corrected chi connectivity index (χ2v) is 5.45. The predicted octanol–water partition coefficient (Wildman–Crippen LogP) is 3.03. The fraction of sp³-hybridized carbons (Fsp3) is 0.562. The molecule has 1 aromatic carbocycles. The Labute approximate surface area is 121 Å². The van der Waals surface area contributed by atoms with Gasteiger partial charge in [0.2, 0.25) is 5.91 Å². The van der Waals surface area contributed by atoms with Crippen LogP contribution >= 0.6 is 0 Å². The van der Waals surface area contributed by atoms with Gasteiger partial charge in [-0.1, -0.05) is 39.0 Å². The molecule has 20 heavy (non-hydrogen) atoms. The number of halogens is 1. The Hall–Kier alpha value is -1.42. The molecule has 1 aromatic rings. The van der Waals surface area contributed by atoms with Gasteiger partial charge in [0.1, 0.15) is 5.82 Å². The Morgan fingerprint density at radius 3 is 2.45 bits per heavy atom. The quantitative estimate of drug-likeness (QED) is 0.806. The van der Waals surface area contributed by atoms with Crippen LogP contribution in [0.5, 0.6) is 0 Å². The van der Waals surface area contributed by atoms with Crippen molar-refractivity contribution in [3.8, 4) is 0 Å². The van der Waals surface area contributed by atoms with Gasteiger partial charge in [0.05, 0.1) is 6.04 Å². The summed E-state index contributed by atoms with van der Waals surface area (Å²) in [5, 5.41) is 5.96. The van der Waals surface area contributed by atoms with Gasteiger partial charge in [0.25, 0.3) is 0 Å². The normalized spacial score (nSPS) is 14.1. The van der Waals surface area contributed by atoms with Crippen LogP contribution in [0.15, 0.2) is 24.3 Å². The van der Waals surface area contributed by atoms with Crippen LogP contribution in [0.3, 0.4) is 0 Å². The molecule has 0 aliphatic carbocycles. The lowest BCUT2D eigenvalue weighted by atomic mass is 9.98. The monoisotopic (exact) mass is 280 g/mol. The van der Waals surface area contributed by atoms with Crippen molar-refractivity contribution in [1.29, 1.82) is 0 Å². The summed E-state index contributed by atoms with van der Waals surface area (Å²) in [6.07, 6.45) is 1.46. The van der Waals surface area contributed by atoms with Gasteiger partial charge in [-0.3, -0.25) is 10.1 Å². The molecule has 0 radical (unpaired) electrons. The molecule has 112 valence electrons. The van der Waals surface area contributed by atoms with E-state index < -0.39 is 0 Å². The van der Waals surface area contributed by atoms with Crippen LogP contribution in [0.25, 0.3) is 0 Å². The van der Waals surface area contributed by atoms with E-state index in [4.69, 9.17) is 0 Å². The zero-order valence-corrected chi connectivity index (χ0v) is 12.7. The molecule has 0 aromatic heterocycles. The second kappa shape index (κ2) is 8.00. The fourth-order valence-electron chi connectivity index (χ4n) is 2.32. The maximum Gasteiger partial charge on any atom is 0.236 e. The highest BCUT2D eigenvalue weighted by Crippen LogP contribution is 2.21. The van der Waals surface area contributed by atoms with Gasteiger partial charge < -0.3 is 5.32 Å². The van der Waals surface area contributed by atoms with Crippen molar-refractivity contribution < 1.29 is 9.18 Å². The highest BCUT2D eigenvalue weighted by atomic mass is 19.1. The summed E-state index contributed by atoms with van der Waals surface area (Å²) in [7, 11) is 1.63. The molecule has 0 spiro atoms. The summed E-state index contributed by atoms with van der Waals surface area (Å²) in [5.74, 6) is 0.114. The first-order chi connectivity index (χ1) is 9.49. The first kappa shape index (κ1) is 16.6. The van der Waals surface area contributed by atoms with Crippen LogP contribution in [0.4, 0.5) is 4.39 Å². The van der Waals surface area contributed by atoms with Crippen LogP contribution in [0.2, 0.25) is 0 Å². The van der Waals surface area contributed by atoms with Gasteiger partial charge in [0.15, 0.2) is 0 Å². The minimum Gasteiger partial charge on any atom is -0.358 e. The summed E-state index contributed by atoms with van der Waals surface area (Å²) < 4.78 is 13.9.